The maximum atomic E-state index is 13.8. The van der Waals surface area contributed by atoms with Crippen LogP contribution in [0.25, 0.3) is 11.4 Å². The smallest absolute Gasteiger partial charge is 0.234 e. The van der Waals surface area contributed by atoms with E-state index in [1.807, 2.05) is 11.5 Å². The number of rotatable bonds is 6. The summed E-state index contributed by atoms with van der Waals surface area (Å²) in [6.07, 6.45) is 0. The second kappa shape index (κ2) is 8.53. The van der Waals surface area contributed by atoms with Crippen molar-refractivity contribution in [3.05, 3.63) is 52.8 Å². The minimum absolute atomic E-state index is 0.0500. The highest BCUT2D eigenvalue weighted by atomic mass is 79.9. The van der Waals surface area contributed by atoms with E-state index >= 15 is 0 Å². The number of aromatic hydroxyl groups is 1. The summed E-state index contributed by atoms with van der Waals surface area (Å²) in [7, 11) is 0. The minimum atomic E-state index is -0.513. The van der Waals surface area contributed by atoms with Crippen molar-refractivity contribution < 1.29 is 14.3 Å². The van der Waals surface area contributed by atoms with Crippen LogP contribution in [0, 0.1) is 5.82 Å². The van der Waals surface area contributed by atoms with Gasteiger partial charge in [-0.15, -0.1) is 10.2 Å². The molecular weight excluding hydrogens is 435 g/mol. The topological polar surface area (TPSA) is 80.0 Å². The second-order valence-electron chi connectivity index (χ2n) is 5.53. The van der Waals surface area contributed by atoms with Crippen LogP contribution in [0.15, 0.2) is 52.1 Å². The highest BCUT2D eigenvalue weighted by Gasteiger charge is 2.17. The van der Waals surface area contributed by atoms with Gasteiger partial charge in [-0.3, -0.25) is 4.79 Å². The minimum Gasteiger partial charge on any atom is -0.507 e. The molecule has 0 aliphatic heterocycles. The number of amides is 1. The fourth-order valence-corrected chi connectivity index (χ4v) is 3.59. The van der Waals surface area contributed by atoms with Crippen LogP contribution in [0.4, 0.5) is 10.1 Å². The maximum absolute atomic E-state index is 13.8. The summed E-state index contributed by atoms with van der Waals surface area (Å²) in [5, 5.41) is 21.4. The Kier molecular flexibility index (Phi) is 6.12. The van der Waals surface area contributed by atoms with Crippen LogP contribution in [0.1, 0.15) is 6.92 Å². The summed E-state index contributed by atoms with van der Waals surface area (Å²) in [5.41, 5.74) is 0.691. The van der Waals surface area contributed by atoms with Crippen molar-refractivity contribution in [1.29, 1.82) is 0 Å². The van der Waals surface area contributed by atoms with Gasteiger partial charge in [-0.1, -0.05) is 39.8 Å². The van der Waals surface area contributed by atoms with Gasteiger partial charge in [0.05, 0.1) is 17.0 Å². The molecule has 1 aromatic heterocycles. The number of nitrogens with one attached hydrogen (secondary N) is 1. The molecule has 0 fully saturated rings. The number of carbonyl (C=O) groups is 1. The van der Waals surface area contributed by atoms with Gasteiger partial charge in [-0.25, -0.2) is 4.39 Å². The first-order valence-electron chi connectivity index (χ1n) is 8.09. The number of thioether (sulfide) groups is 1. The number of hydrogen-bond acceptors (Lipinski definition) is 5. The molecule has 6 nitrogen and oxygen atoms in total. The Morgan fingerprint density at radius 1 is 1.30 bits per heavy atom. The quantitative estimate of drug-likeness (QED) is 0.547. The van der Waals surface area contributed by atoms with Crippen LogP contribution in [0.3, 0.4) is 0 Å². The molecule has 0 spiro atoms. The molecule has 0 bridgehead atoms. The summed E-state index contributed by atoms with van der Waals surface area (Å²) < 4.78 is 16.2. The Morgan fingerprint density at radius 3 is 2.78 bits per heavy atom. The SMILES string of the molecule is CCn1c(SCC(=O)Nc2ccc(Br)cc2F)nnc1-c1ccccc1O. The molecule has 1 heterocycles. The molecule has 2 N–H and O–H groups in total. The predicted molar refractivity (Wildman–Crippen MR) is 106 cm³/mol. The van der Waals surface area contributed by atoms with Crippen LogP contribution in [-0.2, 0) is 11.3 Å². The highest BCUT2D eigenvalue weighted by molar-refractivity contribution is 9.10. The second-order valence-corrected chi connectivity index (χ2v) is 7.39. The van der Waals surface area contributed by atoms with Crippen molar-refractivity contribution in [1.82, 2.24) is 14.8 Å². The van der Waals surface area contributed by atoms with Gasteiger partial charge in [-0.2, -0.15) is 0 Å². The molecule has 140 valence electrons. The number of hydrogen-bond donors (Lipinski definition) is 2. The third-order valence-corrected chi connectivity index (χ3v) is 5.18. The first-order chi connectivity index (χ1) is 13.0. The van der Waals surface area contributed by atoms with Crippen molar-refractivity contribution in [2.45, 2.75) is 18.6 Å². The van der Waals surface area contributed by atoms with Gasteiger partial charge in [0.1, 0.15) is 11.6 Å². The van der Waals surface area contributed by atoms with Crippen LogP contribution >= 0.6 is 27.7 Å². The van der Waals surface area contributed by atoms with Gasteiger partial charge in [0.25, 0.3) is 0 Å². The molecule has 0 unspecified atom stereocenters. The first-order valence-corrected chi connectivity index (χ1v) is 9.86. The van der Waals surface area contributed by atoms with Crippen molar-refractivity contribution >= 4 is 39.3 Å². The van der Waals surface area contributed by atoms with E-state index in [4.69, 9.17) is 0 Å². The standard InChI is InChI=1S/C18H16BrFN4O2S/c1-2-24-17(12-5-3-4-6-15(12)25)22-23-18(24)27-10-16(26)21-14-8-7-11(19)9-13(14)20/h3-9,25H,2,10H2,1H3,(H,21,26). The summed E-state index contributed by atoms with van der Waals surface area (Å²) in [6, 6.07) is 11.3. The van der Waals surface area contributed by atoms with E-state index in [-0.39, 0.29) is 23.1 Å². The molecule has 9 heteroatoms. The average molecular weight is 451 g/mol. The van der Waals surface area contributed by atoms with Crippen LogP contribution in [0.2, 0.25) is 0 Å². The van der Waals surface area contributed by atoms with Gasteiger partial charge in [0, 0.05) is 11.0 Å². The van der Waals surface area contributed by atoms with Crippen molar-refractivity contribution in [3.63, 3.8) is 0 Å². The normalized spacial score (nSPS) is 10.8. The van der Waals surface area contributed by atoms with Crippen molar-refractivity contribution in [3.8, 4) is 17.1 Å². The van der Waals surface area contributed by atoms with E-state index in [9.17, 15) is 14.3 Å². The molecule has 1 amide bonds. The highest BCUT2D eigenvalue weighted by Crippen LogP contribution is 2.30. The Morgan fingerprint density at radius 2 is 2.07 bits per heavy atom. The predicted octanol–water partition coefficient (Wildman–Crippen LogP) is 4.30. The van der Waals surface area contributed by atoms with Gasteiger partial charge in [0.15, 0.2) is 11.0 Å². The van der Waals surface area contributed by atoms with Crippen LogP contribution in [-0.4, -0.2) is 31.5 Å². The van der Waals surface area contributed by atoms with E-state index in [0.717, 1.165) is 0 Å². The lowest BCUT2D eigenvalue weighted by molar-refractivity contribution is -0.113. The summed E-state index contributed by atoms with van der Waals surface area (Å²) >= 11 is 4.37. The molecule has 0 aliphatic carbocycles. The molecule has 3 rings (SSSR count). The van der Waals surface area contributed by atoms with E-state index in [1.54, 1.807) is 30.3 Å². The number of nitrogens with zero attached hydrogens (tertiary/aromatic N) is 3. The van der Waals surface area contributed by atoms with Gasteiger partial charge in [-0.05, 0) is 37.3 Å². The number of benzene rings is 2. The number of aromatic nitrogens is 3. The third kappa shape index (κ3) is 4.48. The molecular formula is C18H16BrFN4O2S. The van der Waals surface area contributed by atoms with Gasteiger partial charge < -0.3 is 15.0 Å². The van der Waals surface area contributed by atoms with E-state index in [2.05, 4.69) is 31.4 Å². The number of halogens is 2. The number of para-hydroxylation sites is 1. The molecule has 3 aromatic rings. The maximum Gasteiger partial charge on any atom is 0.234 e. The summed E-state index contributed by atoms with van der Waals surface area (Å²) in [6.45, 7) is 2.50. The molecule has 0 saturated carbocycles. The van der Waals surface area contributed by atoms with E-state index < -0.39 is 5.82 Å². The zero-order chi connectivity index (χ0) is 19.4. The lowest BCUT2D eigenvalue weighted by Gasteiger charge is -2.09. The van der Waals surface area contributed by atoms with Crippen molar-refractivity contribution in [2.24, 2.45) is 0 Å². The molecule has 0 atom stereocenters. The fraction of sp³-hybridized carbons (Fsp3) is 0.167. The van der Waals surface area contributed by atoms with Crippen molar-refractivity contribution in [2.75, 3.05) is 11.1 Å². The average Bonchev–Trinajstić information content (AvgIpc) is 3.05. The monoisotopic (exact) mass is 450 g/mol. The summed E-state index contributed by atoms with van der Waals surface area (Å²) in [5.74, 6) is -0.177. The van der Waals surface area contributed by atoms with E-state index in [1.165, 1.54) is 23.9 Å². The van der Waals surface area contributed by atoms with Gasteiger partial charge in [0.2, 0.25) is 5.91 Å². The van der Waals surface area contributed by atoms with E-state index in [0.29, 0.717) is 27.6 Å². The molecule has 0 radical (unpaired) electrons. The molecule has 2 aromatic carbocycles. The molecule has 0 aliphatic rings. The number of phenolic OH excluding ortho intramolecular Hbond substituents is 1. The van der Waals surface area contributed by atoms with Crippen LogP contribution in [0.5, 0.6) is 5.75 Å². The Labute approximate surface area is 167 Å². The largest absolute Gasteiger partial charge is 0.507 e. The number of carbonyl (C=O) groups excluding carboxylic acids is 1. The zero-order valence-electron chi connectivity index (χ0n) is 14.3. The first kappa shape index (κ1) is 19.4. The van der Waals surface area contributed by atoms with Crippen LogP contribution < -0.4 is 5.32 Å². The molecule has 0 saturated heterocycles. The van der Waals surface area contributed by atoms with Gasteiger partial charge >= 0.3 is 0 Å². The lowest BCUT2D eigenvalue weighted by Crippen LogP contribution is -2.15. The lowest BCUT2D eigenvalue weighted by atomic mass is 10.2. The molecule has 27 heavy (non-hydrogen) atoms. The fourth-order valence-electron chi connectivity index (χ4n) is 2.45. The Balaban J connectivity index is 1.71. The number of anilines is 1. The third-order valence-electron chi connectivity index (χ3n) is 3.72. The zero-order valence-corrected chi connectivity index (χ0v) is 16.7. The number of phenols is 1. The Bertz CT molecular complexity index is 980. The summed E-state index contributed by atoms with van der Waals surface area (Å²) in [4.78, 5) is 12.1. The Hall–Kier alpha value is -2.39.